The van der Waals surface area contributed by atoms with Crippen LogP contribution >= 0.6 is 11.8 Å². The summed E-state index contributed by atoms with van der Waals surface area (Å²) >= 11 is 1.94. The van der Waals surface area contributed by atoms with Gasteiger partial charge >= 0.3 is 0 Å². The van der Waals surface area contributed by atoms with E-state index >= 15 is 0 Å². The highest BCUT2D eigenvalue weighted by Gasteiger charge is 1.98. The normalized spacial score (nSPS) is 13.2. The first kappa shape index (κ1) is 13.3. The van der Waals surface area contributed by atoms with Crippen molar-refractivity contribution in [3.63, 3.8) is 0 Å². The smallest absolute Gasteiger partial charge is 0.0464 e. The van der Waals surface area contributed by atoms with E-state index in [0.29, 0.717) is 12.5 Å². The molecule has 0 saturated heterocycles. The lowest BCUT2D eigenvalue weighted by atomic mass is 10.2. The fraction of sp³-hybridized carbons (Fsp3) is 1.00. The van der Waals surface area contributed by atoms with Gasteiger partial charge in [-0.3, -0.25) is 0 Å². The standard InChI is InChI=1S/C10H23NOS/c1-3-5-11-6-4-7-13-9-10(2)8-12/h10-12H,3-9H2,1-2H3. The van der Waals surface area contributed by atoms with Gasteiger partial charge in [0.1, 0.15) is 0 Å². The summed E-state index contributed by atoms with van der Waals surface area (Å²) in [5.41, 5.74) is 0. The molecule has 2 nitrogen and oxygen atoms in total. The van der Waals surface area contributed by atoms with Crippen molar-refractivity contribution >= 4 is 11.8 Å². The van der Waals surface area contributed by atoms with Gasteiger partial charge in [0.25, 0.3) is 0 Å². The van der Waals surface area contributed by atoms with E-state index in [9.17, 15) is 0 Å². The molecule has 0 radical (unpaired) electrons. The first-order valence-corrected chi connectivity index (χ1v) is 6.36. The number of aliphatic hydroxyl groups excluding tert-OH is 1. The molecule has 13 heavy (non-hydrogen) atoms. The Morgan fingerprint density at radius 1 is 1.38 bits per heavy atom. The monoisotopic (exact) mass is 205 g/mol. The van der Waals surface area contributed by atoms with Gasteiger partial charge in [0.05, 0.1) is 0 Å². The second kappa shape index (κ2) is 10.4. The summed E-state index contributed by atoms with van der Waals surface area (Å²) in [4.78, 5) is 0. The van der Waals surface area contributed by atoms with Crippen molar-refractivity contribution in [2.24, 2.45) is 5.92 Å². The first-order valence-electron chi connectivity index (χ1n) is 5.20. The molecule has 0 aromatic carbocycles. The van der Waals surface area contributed by atoms with Crippen LogP contribution in [0.25, 0.3) is 0 Å². The molecule has 0 rings (SSSR count). The third kappa shape index (κ3) is 10.2. The summed E-state index contributed by atoms with van der Waals surface area (Å²) in [6.45, 7) is 6.86. The Bertz CT molecular complexity index is 101. The zero-order valence-corrected chi connectivity index (χ0v) is 9.70. The van der Waals surface area contributed by atoms with E-state index in [1.54, 1.807) is 0 Å². The van der Waals surface area contributed by atoms with Gasteiger partial charge in [0.2, 0.25) is 0 Å². The van der Waals surface area contributed by atoms with Gasteiger partial charge in [-0.25, -0.2) is 0 Å². The minimum atomic E-state index is 0.321. The predicted octanol–water partition coefficient (Wildman–Crippen LogP) is 1.74. The SMILES string of the molecule is CCCNCCCSCC(C)CO. The zero-order valence-electron chi connectivity index (χ0n) is 8.88. The second-order valence-corrected chi connectivity index (χ2v) is 4.62. The number of nitrogens with one attached hydrogen (secondary N) is 1. The molecule has 0 fully saturated rings. The van der Waals surface area contributed by atoms with Gasteiger partial charge < -0.3 is 10.4 Å². The van der Waals surface area contributed by atoms with Crippen molar-refractivity contribution in [2.45, 2.75) is 26.7 Å². The van der Waals surface area contributed by atoms with Gasteiger partial charge in [-0.2, -0.15) is 11.8 Å². The second-order valence-electron chi connectivity index (χ2n) is 3.47. The summed E-state index contributed by atoms with van der Waals surface area (Å²) in [5.74, 6) is 2.75. The van der Waals surface area contributed by atoms with E-state index in [1.807, 2.05) is 11.8 Å². The van der Waals surface area contributed by atoms with Crippen LogP contribution < -0.4 is 5.32 Å². The van der Waals surface area contributed by atoms with Crippen LogP contribution in [0.3, 0.4) is 0 Å². The number of rotatable bonds is 9. The number of aliphatic hydroxyl groups is 1. The van der Waals surface area contributed by atoms with E-state index in [-0.39, 0.29) is 0 Å². The molecular formula is C10H23NOS. The van der Waals surface area contributed by atoms with E-state index in [4.69, 9.17) is 5.11 Å². The maximum absolute atomic E-state index is 8.78. The molecule has 0 aromatic heterocycles. The molecule has 0 aliphatic carbocycles. The Labute approximate surface area is 86.5 Å². The number of hydrogen-bond donors (Lipinski definition) is 2. The average Bonchev–Trinajstić information content (AvgIpc) is 2.16. The van der Waals surface area contributed by atoms with Crippen LogP contribution in [0.15, 0.2) is 0 Å². The van der Waals surface area contributed by atoms with Crippen LogP contribution in [-0.2, 0) is 0 Å². The van der Waals surface area contributed by atoms with Gasteiger partial charge in [-0.05, 0) is 43.4 Å². The van der Waals surface area contributed by atoms with Crippen LogP contribution in [0.1, 0.15) is 26.7 Å². The van der Waals surface area contributed by atoms with Gasteiger partial charge in [-0.1, -0.05) is 13.8 Å². The molecule has 2 N–H and O–H groups in total. The van der Waals surface area contributed by atoms with Gasteiger partial charge in [-0.15, -0.1) is 0 Å². The molecule has 0 aliphatic heterocycles. The Hall–Kier alpha value is 0.270. The van der Waals surface area contributed by atoms with Crippen LogP contribution in [0.5, 0.6) is 0 Å². The fourth-order valence-electron chi connectivity index (χ4n) is 0.938. The van der Waals surface area contributed by atoms with E-state index < -0.39 is 0 Å². The highest BCUT2D eigenvalue weighted by molar-refractivity contribution is 7.99. The Morgan fingerprint density at radius 2 is 2.15 bits per heavy atom. The molecule has 0 saturated carbocycles. The summed E-state index contributed by atoms with van der Waals surface area (Å²) < 4.78 is 0. The van der Waals surface area contributed by atoms with E-state index in [2.05, 4.69) is 19.2 Å². The maximum Gasteiger partial charge on any atom is 0.0464 e. The molecule has 0 aromatic rings. The Balaban J connectivity index is 2.91. The quantitative estimate of drug-likeness (QED) is 0.562. The molecule has 80 valence electrons. The molecular weight excluding hydrogens is 182 g/mol. The molecule has 0 amide bonds. The topological polar surface area (TPSA) is 32.3 Å². The summed E-state index contributed by atoms with van der Waals surface area (Å²) in [6.07, 6.45) is 2.46. The summed E-state index contributed by atoms with van der Waals surface area (Å²) in [7, 11) is 0. The van der Waals surface area contributed by atoms with E-state index in [0.717, 1.165) is 18.8 Å². The number of hydrogen-bond acceptors (Lipinski definition) is 3. The number of thioether (sulfide) groups is 1. The molecule has 1 unspecified atom stereocenters. The van der Waals surface area contributed by atoms with Crippen molar-refractivity contribution in [2.75, 3.05) is 31.2 Å². The highest BCUT2D eigenvalue weighted by atomic mass is 32.2. The lowest BCUT2D eigenvalue weighted by molar-refractivity contribution is 0.250. The third-order valence-electron chi connectivity index (χ3n) is 1.78. The Kier molecular flexibility index (Phi) is 10.6. The lowest BCUT2D eigenvalue weighted by Gasteiger charge is -2.07. The molecule has 0 heterocycles. The van der Waals surface area contributed by atoms with Crippen molar-refractivity contribution in [1.82, 2.24) is 5.32 Å². The van der Waals surface area contributed by atoms with Crippen molar-refractivity contribution in [1.29, 1.82) is 0 Å². The molecule has 0 bridgehead atoms. The maximum atomic E-state index is 8.78. The summed E-state index contributed by atoms with van der Waals surface area (Å²) in [6, 6.07) is 0. The van der Waals surface area contributed by atoms with Crippen LogP contribution in [0, 0.1) is 5.92 Å². The molecule has 1 atom stereocenters. The minimum Gasteiger partial charge on any atom is -0.396 e. The first-order chi connectivity index (χ1) is 6.31. The van der Waals surface area contributed by atoms with Crippen molar-refractivity contribution in [3.8, 4) is 0 Å². The third-order valence-corrected chi connectivity index (χ3v) is 3.17. The molecule has 3 heteroatoms. The van der Waals surface area contributed by atoms with Gasteiger partial charge in [0, 0.05) is 6.61 Å². The average molecular weight is 205 g/mol. The van der Waals surface area contributed by atoms with Crippen molar-refractivity contribution < 1.29 is 5.11 Å². The highest BCUT2D eigenvalue weighted by Crippen LogP contribution is 2.08. The molecule has 0 aliphatic rings. The minimum absolute atomic E-state index is 0.321. The predicted molar refractivity (Wildman–Crippen MR) is 61.4 cm³/mol. The van der Waals surface area contributed by atoms with Crippen molar-refractivity contribution in [3.05, 3.63) is 0 Å². The van der Waals surface area contributed by atoms with Crippen LogP contribution in [-0.4, -0.2) is 36.3 Å². The van der Waals surface area contributed by atoms with Gasteiger partial charge in [0.15, 0.2) is 0 Å². The van der Waals surface area contributed by atoms with Crippen LogP contribution in [0.2, 0.25) is 0 Å². The Morgan fingerprint density at radius 3 is 2.77 bits per heavy atom. The largest absolute Gasteiger partial charge is 0.396 e. The lowest BCUT2D eigenvalue weighted by Crippen LogP contribution is -2.16. The zero-order chi connectivity index (χ0) is 9.94. The summed E-state index contributed by atoms with van der Waals surface area (Å²) in [5, 5.41) is 12.2. The van der Waals surface area contributed by atoms with E-state index in [1.165, 1.54) is 18.6 Å². The molecule has 0 spiro atoms. The fourth-order valence-corrected chi connectivity index (χ4v) is 1.96. The van der Waals surface area contributed by atoms with Crippen LogP contribution in [0.4, 0.5) is 0 Å².